The minimum atomic E-state index is 1.13. The molecule has 1 heteroatoms. The predicted octanol–water partition coefficient (Wildman–Crippen LogP) is 3.29. The van der Waals surface area contributed by atoms with E-state index in [0.717, 1.165) is 6.42 Å². The number of hydrogen-bond donors (Lipinski definition) is 0. The molecule has 0 spiro atoms. The summed E-state index contributed by atoms with van der Waals surface area (Å²) >= 11 is 0. The van der Waals surface area contributed by atoms with Gasteiger partial charge in [-0.3, -0.25) is 0 Å². The zero-order chi connectivity index (χ0) is 9.71. The third-order valence-electron chi connectivity index (χ3n) is 3.21. The molecule has 1 aliphatic carbocycles. The van der Waals surface area contributed by atoms with Crippen LogP contribution in [0.3, 0.4) is 0 Å². The minimum Gasteiger partial charge on any atom is -0.317 e. The van der Waals surface area contributed by atoms with Crippen molar-refractivity contribution in [2.45, 2.75) is 20.3 Å². The van der Waals surface area contributed by atoms with Gasteiger partial charge in [0.25, 0.3) is 0 Å². The molecule has 0 fully saturated rings. The van der Waals surface area contributed by atoms with Crippen LogP contribution in [0.5, 0.6) is 0 Å². The summed E-state index contributed by atoms with van der Waals surface area (Å²) < 4.78 is 2.29. The summed E-state index contributed by atoms with van der Waals surface area (Å²) in [5.74, 6) is 0. The van der Waals surface area contributed by atoms with Crippen LogP contribution in [0, 0.1) is 0 Å². The third-order valence-corrected chi connectivity index (χ3v) is 3.21. The molecule has 1 nitrogen and oxygen atoms in total. The van der Waals surface area contributed by atoms with E-state index in [1.807, 2.05) is 0 Å². The van der Waals surface area contributed by atoms with Crippen LogP contribution >= 0.6 is 0 Å². The van der Waals surface area contributed by atoms with Gasteiger partial charge in [0.05, 0.1) is 5.69 Å². The van der Waals surface area contributed by atoms with Crippen molar-refractivity contribution >= 4 is 11.1 Å². The predicted molar refractivity (Wildman–Crippen MR) is 59.4 cm³/mol. The second-order valence-electron chi connectivity index (χ2n) is 4.10. The lowest BCUT2D eigenvalue weighted by Crippen LogP contribution is -1.88. The van der Waals surface area contributed by atoms with Crippen LogP contribution in [0.2, 0.25) is 0 Å². The maximum absolute atomic E-state index is 2.30. The SMILES string of the molecule is CC1=C(C)c2c(cc3ccccn23)C1. The number of hydrogen-bond acceptors (Lipinski definition) is 0. The Morgan fingerprint density at radius 3 is 2.93 bits per heavy atom. The van der Waals surface area contributed by atoms with Gasteiger partial charge in [0.15, 0.2) is 0 Å². The Balaban J connectivity index is 2.43. The molecule has 70 valence electrons. The van der Waals surface area contributed by atoms with E-state index in [2.05, 4.69) is 48.7 Å². The summed E-state index contributed by atoms with van der Waals surface area (Å²) in [5.41, 5.74) is 7.16. The van der Waals surface area contributed by atoms with E-state index in [4.69, 9.17) is 0 Å². The van der Waals surface area contributed by atoms with E-state index < -0.39 is 0 Å². The van der Waals surface area contributed by atoms with Crippen LogP contribution in [0.1, 0.15) is 25.1 Å². The lowest BCUT2D eigenvalue weighted by Gasteiger charge is -2.01. The largest absolute Gasteiger partial charge is 0.317 e. The number of rotatable bonds is 0. The highest BCUT2D eigenvalue weighted by atomic mass is 14.9. The van der Waals surface area contributed by atoms with Crippen molar-refractivity contribution in [3.63, 3.8) is 0 Å². The summed E-state index contributed by atoms with van der Waals surface area (Å²) in [4.78, 5) is 0. The zero-order valence-corrected chi connectivity index (χ0v) is 8.54. The summed E-state index contributed by atoms with van der Waals surface area (Å²) in [6.45, 7) is 4.45. The molecule has 2 aromatic rings. The monoisotopic (exact) mass is 183 g/mol. The molecule has 2 aromatic heterocycles. The number of aromatic nitrogens is 1. The van der Waals surface area contributed by atoms with Gasteiger partial charge in [-0.15, -0.1) is 0 Å². The molecule has 0 bridgehead atoms. The molecule has 0 atom stereocenters. The number of allylic oxidation sites excluding steroid dienone is 2. The summed E-state index contributed by atoms with van der Waals surface area (Å²) in [6, 6.07) is 8.65. The maximum Gasteiger partial charge on any atom is 0.0520 e. The Hall–Kier alpha value is -1.50. The first-order valence-corrected chi connectivity index (χ1v) is 5.03. The van der Waals surface area contributed by atoms with Crippen LogP contribution in [0.15, 0.2) is 36.0 Å². The van der Waals surface area contributed by atoms with Gasteiger partial charge < -0.3 is 4.40 Å². The summed E-state index contributed by atoms with van der Waals surface area (Å²) in [5, 5.41) is 0. The molecule has 0 saturated heterocycles. The van der Waals surface area contributed by atoms with Gasteiger partial charge >= 0.3 is 0 Å². The van der Waals surface area contributed by atoms with E-state index in [1.54, 1.807) is 0 Å². The third kappa shape index (κ3) is 0.844. The highest BCUT2D eigenvalue weighted by Crippen LogP contribution is 2.34. The number of nitrogens with zero attached hydrogens (tertiary/aromatic N) is 1. The van der Waals surface area contributed by atoms with Crippen molar-refractivity contribution in [3.05, 3.63) is 47.3 Å². The number of fused-ring (bicyclic) bond motifs is 3. The Morgan fingerprint density at radius 2 is 2.07 bits per heavy atom. The fourth-order valence-electron chi connectivity index (χ4n) is 2.36. The summed E-state index contributed by atoms with van der Waals surface area (Å²) in [7, 11) is 0. The Bertz CT molecular complexity index is 543. The smallest absolute Gasteiger partial charge is 0.0520 e. The lowest BCUT2D eigenvalue weighted by atomic mass is 10.2. The van der Waals surface area contributed by atoms with Gasteiger partial charge in [-0.05, 0) is 49.6 Å². The molecule has 3 rings (SSSR count). The standard InChI is InChI=1S/C13H13N/c1-9-7-11-8-12-5-3-4-6-14(12)13(11)10(9)2/h3-6,8H,7H2,1-2H3. The topological polar surface area (TPSA) is 4.41 Å². The fourth-order valence-corrected chi connectivity index (χ4v) is 2.36. The average molecular weight is 183 g/mol. The van der Waals surface area contributed by atoms with Gasteiger partial charge in [-0.25, -0.2) is 0 Å². The highest BCUT2D eigenvalue weighted by Gasteiger charge is 2.19. The molecular weight excluding hydrogens is 170 g/mol. The van der Waals surface area contributed by atoms with E-state index in [9.17, 15) is 0 Å². The summed E-state index contributed by atoms with van der Waals surface area (Å²) in [6.07, 6.45) is 3.28. The minimum absolute atomic E-state index is 1.13. The average Bonchev–Trinajstić information content (AvgIpc) is 2.65. The number of pyridine rings is 1. The van der Waals surface area contributed by atoms with E-state index in [1.165, 1.54) is 27.9 Å². The first-order valence-electron chi connectivity index (χ1n) is 5.03. The van der Waals surface area contributed by atoms with E-state index in [0.29, 0.717) is 0 Å². The molecule has 0 saturated carbocycles. The van der Waals surface area contributed by atoms with Gasteiger partial charge in [0.1, 0.15) is 0 Å². The first-order chi connectivity index (χ1) is 6.77. The van der Waals surface area contributed by atoms with Gasteiger partial charge in [0.2, 0.25) is 0 Å². The zero-order valence-electron chi connectivity index (χ0n) is 8.54. The van der Waals surface area contributed by atoms with Crippen molar-refractivity contribution < 1.29 is 0 Å². The fraction of sp³-hybridized carbons (Fsp3) is 0.231. The lowest BCUT2D eigenvalue weighted by molar-refractivity contribution is 1.15. The first kappa shape index (κ1) is 7.86. The van der Waals surface area contributed by atoms with Gasteiger partial charge in [-0.1, -0.05) is 11.6 Å². The van der Waals surface area contributed by atoms with Crippen LogP contribution in [0.4, 0.5) is 0 Å². The molecule has 2 heterocycles. The highest BCUT2D eigenvalue weighted by molar-refractivity contribution is 5.77. The van der Waals surface area contributed by atoms with Crippen molar-refractivity contribution in [3.8, 4) is 0 Å². The second-order valence-corrected chi connectivity index (χ2v) is 4.10. The van der Waals surface area contributed by atoms with E-state index >= 15 is 0 Å². The van der Waals surface area contributed by atoms with Crippen LogP contribution in [0.25, 0.3) is 11.1 Å². The molecule has 0 N–H and O–H groups in total. The molecule has 0 radical (unpaired) electrons. The Labute approximate surface area is 83.7 Å². The molecule has 0 unspecified atom stereocenters. The van der Waals surface area contributed by atoms with Crippen molar-refractivity contribution in [1.82, 2.24) is 4.40 Å². The normalized spacial score (nSPS) is 15.3. The van der Waals surface area contributed by atoms with E-state index in [-0.39, 0.29) is 0 Å². The van der Waals surface area contributed by atoms with Crippen molar-refractivity contribution in [2.75, 3.05) is 0 Å². The van der Waals surface area contributed by atoms with Gasteiger partial charge in [-0.2, -0.15) is 0 Å². The van der Waals surface area contributed by atoms with Crippen LogP contribution < -0.4 is 0 Å². The quantitative estimate of drug-likeness (QED) is 0.590. The molecular formula is C13H13N. The molecule has 1 aliphatic rings. The molecule has 0 amide bonds. The Morgan fingerprint density at radius 1 is 1.21 bits per heavy atom. The second kappa shape index (κ2) is 2.50. The van der Waals surface area contributed by atoms with Crippen LogP contribution in [-0.4, -0.2) is 4.40 Å². The van der Waals surface area contributed by atoms with Crippen molar-refractivity contribution in [2.24, 2.45) is 0 Å². The maximum atomic E-state index is 2.30. The van der Waals surface area contributed by atoms with Crippen molar-refractivity contribution in [1.29, 1.82) is 0 Å². The van der Waals surface area contributed by atoms with Crippen LogP contribution in [-0.2, 0) is 6.42 Å². The molecule has 14 heavy (non-hydrogen) atoms. The molecule has 0 aromatic carbocycles. The molecule has 0 aliphatic heterocycles. The van der Waals surface area contributed by atoms with Gasteiger partial charge in [0, 0.05) is 11.7 Å². The Kier molecular flexibility index (Phi) is 1.41.